The van der Waals surface area contributed by atoms with E-state index in [9.17, 15) is 18.0 Å². The van der Waals surface area contributed by atoms with Crippen LogP contribution in [0.4, 0.5) is 0 Å². The van der Waals surface area contributed by atoms with Gasteiger partial charge in [0, 0.05) is 17.4 Å². The molecule has 0 atom stereocenters. The number of ether oxygens (including phenoxy) is 2. The number of hydrazine groups is 1. The van der Waals surface area contributed by atoms with Crippen LogP contribution >= 0.6 is 15.9 Å². The second-order valence-corrected chi connectivity index (χ2v) is 8.21. The molecule has 0 saturated heterocycles. The minimum Gasteiger partial charge on any atom is -0.495 e. The van der Waals surface area contributed by atoms with Gasteiger partial charge < -0.3 is 9.47 Å². The second-order valence-electron chi connectivity index (χ2n) is 5.40. The van der Waals surface area contributed by atoms with Crippen LogP contribution in [-0.2, 0) is 9.84 Å². The van der Waals surface area contributed by atoms with E-state index in [1.54, 1.807) is 0 Å². The fraction of sp³-hybridized carbons (Fsp3) is 0.176. The summed E-state index contributed by atoms with van der Waals surface area (Å²) in [5, 5.41) is 0. The Balaban J connectivity index is 2.10. The molecule has 10 heteroatoms. The van der Waals surface area contributed by atoms with Crippen LogP contribution in [0.25, 0.3) is 0 Å². The van der Waals surface area contributed by atoms with Crippen LogP contribution in [0.5, 0.6) is 11.5 Å². The normalized spacial score (nSPS) is 10.8. The molecule has 0 bridgehead atoms. The summed E-state index contributed by atoms with van der Waals surface area (Å²) in [5.41, 5.74) is 4.94. The number of sulfone groups is 1. The Kier molecular flexibility index (Phi) is 6.45. The zero-order chi connectivity index (χ0) is 20.2. The Bertz CT molecular complexity index is 948. The van der Waals surface area contributed by atoms with Gasteiger partial charge in [0.05, 0.1) is 19.1 Å². The first-order valence-corrected chi connectivity index (χ1v) is 10.2. The van der Waals surface area contributed by atoms with Crippen LogP contribution in [0.2, 0.25) is 0 Å². The highest BCUT2D eigenvalue weighted by atomic mass is 79.9. The van der Waals surface area contributed by atoms with Gasteiger partial charge in [0.15, 0.2) is 9.84 Å². The molecule has 0 heterocycles. The summed E-state index contributed by atoms with van der Waals surface area (Å²) in [6.45, 7) is 0. The molecule has 27 heavy (non-hydrogen) atoms. The lowest BCUT2D eigenvalue weighted by atomic mass is 10.2. The molecule has 0 radical (unpaired) electrons. The van der Waals surface area contributed by atoms with Crippen LogP contribution in [0, 0.1) is 0 Å². The lowest BCUT2D eigenvalue weighted by Gasteiger charge is -2.12. The Morgan fingerprint density at radius 3 is 1.74 bits per heavy atom. The van der Waals surface area contributed by atoms with Crippen molar-refractivity contribution in [1.29, 1.82) is 0 Å². The maximum absolute atomic E-state index is 12.3. The molecule has 0 spiro atoms. The van der Waals surface area contributed by atoms with Gasteiger partial charge in [-0.2, -0.15) is 0 Å². The van der Waals surface area contributed by atoms with Crippen LogP contribution in [0.1, 0.15) is 20.7 Å². The zero-order valence-corrected chi connectivity index (χ0v) is 17.1. The van der Waals surface area contributed by atoms with E-state index < -0.39 is 21.7 Å². The van der Waals surface area contributed by atoms with Gasteiger partial charge in [-0.05, 0) is 52.3 Å². The quantitative estimate of drug-likeness (QED) is 0.665. The highest BCUT2D eigenvalue weighted by molar-refractivity contribution is 9.10. The SMILES string of the molecule is COc1cc(C(=O)NNC(=O)c2ccc(S(C)(=O)=O)cc2)cc(OC)c1Br. The van der Waals surface area contributed by atoms with E-state index in [1.807, 2.05) is 0 Å². The van der Waals surface area contributed by atoms with E-state index in [2.05, 4.69) is 26.8 Å². The van der Waals surface area contributed by atoms with E-state index >= 15 is 0 Å². The number of amides is 2. The average molecular weight is 457 g/mol. The molecular weight excluding hydrogens is 440 g/mol. The summed E-state index contributed by atoms with van der Waals surface area (Å²) >= 11 is 3.30. The van der Waals surface area contributed by atoms with E-state index in [0.717, 1.165) is 6.26 Å². The van der Waals surface area contributed by atoms with Gasteiger partial charge >= 0.3 is 0 Å². The molecule has 8 nitrogen and oxygen atoms in total. The van der Waals surface area contributed by atoms with E-state index in [-0.39, 0.29) is 16.0 Å². The number of rotatable bonds is 5. The third-order valence-corrected chi connectivity index (χ3v) is 5.45. The van der Waals surface area contributed by atoms with Crippen molar-refractivity contribution in [3.8, 4) is 11.5 Å². The Hall–Kier alpha value is -2.59. The maximum atomic E-state index is 12.3. The molecule has 2 rings (SSSR count). The predicted octanol–water partition coefficient (Wildman–Crippen LogP) is 1.94. The lowest BCUT2D eigenvalue weighted by molar-refractivity contribution is 0.0846. The molecule has 0 unspecified atom stereocenters. The van der Waals surface area contributed by atoms with Crippen LogP contribution in [0.3, 0.4) is 0 Å². The van der Waals surface area contributed by atoms with Crippen molar-refractivity contribution in [2.75, 3.05) is 20.5 Å². The number of hydrogen-bond donors (Lipinski definition) is 2. The fourth-order valence-electron chi connectivity index (χ4n) is 2.11. The molecule has 0 saturated carbocycles. The van der Waals surface area contributed by atoms with Gasteiger partial charge in [0.25, 0.3) is 11.8 Å². The summed E-state index contributed by atoms with van der Waals surface area (Å²) < 4.78 is 33.8. The largest absolute Gasteiger partial charge is 0.495 e. The molecule has 0 aromatic heterocycles. The number of hydrogen-bond acceptors (Lipinski definition) is 6. The molecule has 0 aliphatic rings. The number of carbonyl (C=O) groups excluding carboxylic acids is 2. The summed E-state index contributed by atoms with van der Waals surface area (Å²) in [6, 6.07) is 8.30. The maximum Gasteiger partial charge on any atom is 0.269 e. The minimum atomic E-state index is -3.35. The average Bonchev–Trinajstić information content (AvgIpc) is 2.65. The van der Waals surface area contributed by atoms with Crippen molar-refractivity contribution < 1.29 is 27.5 Å². The molecular formula is C17H17BrN2O6S. The third-order valence-electron chi connectivity index (χ3n) is 3.54. The minimum absolute atomic E-state index is 0.0946. The smallest absolute Gasteiger partial charge is 0.269 e. The standard InChI is InChI=1S/C17H17BrN2O6S/c1-25-13-8-11(9-14(26-2)15(13)18)17(22)20-19-16(21)10-4-6-12(7-5-10)27(3,23)24/h4-9H,1-3H3,(H,19,21)(H,20,22). The lowest BCUT2D eigenvalue weighted by Crippen LogP contribution is -2.41. The molecule has 0 aliphatic heterocycles. The summed E-state index contributed by atoms with van der Waals surface area (Å²) in [5.74, 6) is -0.399. The Morgan fingerprint density at radius 1 is 0.889 bits per heavy atom. The van der Waals surface area contributed by atoms with E-state index in [0.29, 0.717) is 16.0 Å². The van der Waals surface area contributed by atoms with Crippen molar-refractivity contribution in [3.05, 3.63) is 52.0 Å². The monoisotopic (exact) mass is 456 g/mol. The third kappa shape index (κ3) is 4.98. The number of carbonyl (C=O) groups is 2. The Labute approximate surface area is 164 Å². The van der Waals surface area contributed by atoms with Gasteiger partial charge in [-0.3, -0.25) is 20.4 Å². The first-order chi connectivity index (χ1) is 12.7. The van der Waals surface area contributed by atoms with Crippen molar-refractivity contribution in [2.24, 2.45) is 0 Å². The van der Waals surface area contributed by atoms with Gasteiger partial charge in [-0.1, -0.05) is 0 Å². The molecule has 2 aromatic carbocycles. The van der Waals surface area contributed by atoms with Gasteiger partial charge in [0.1, 0.15) is 16.0 Å². The topological polar surface area (TPSA) is 111 Å². The second kappa shape index (κ2) is 8.40. The van der Waals surface area contributed by atoms with Gasteiger partial charge in [-0.15, -0.1) is 0 Å². The Morgan fingerprint density at radius 2 is 1.33 bits per heavy atom. The highest BCUT2D eigenvalue weighted by Crippen LogP contribution is 2.35. The number of halogens is 1. The zero-order valence-electron chi connectivity index (χ0n) is 14.7. The highest BCUT2D eigenvalue weighted by Gasteiger charge is 2.16. The van der Waals surface area contributed by atoms with Crippen molar-refractivity contribution >= 4 is 37.6 Å². The molecule has 2 aromatic rings. The van der Waals surface area contributed by atoms with Gasteiger partial charge in [0.2, 0.25) is 0 Å². The van der Waals surface area contributed by atoms with Gasteiger partial charge in [-0.25, -0.2) is 8.42 Å². The van der Waals surface area contributed by atoms with Crippen molar-refractivity contribution in [2.45, 2.75) is 4.90 Å². The molecule has 0 fully saturated rings. The summed E-state index contributed by atoms with van der Waals surface area (Å²) in [6.07, 6.45) is 1.07. The number of benzene rings is 2. The van der Waals surface area contributed by atoms with Crippen LogP contribution < -0.4 is 20.3 Å². The van der Waals surface area contributed by atoms with E-state index in [1.165, 1.54) is 50.6 Å². The first kappa shape index (κ1) is 20.7. The van der Waals surface area contributed by atoms with E-state index in [4.69, 9.17) is 9.47 Å². The first-order valence-electron chi connectivity index (χ1n) is 7.49. The molecule has 0 aliphatic carbocycles. The summed E-state index contributed by atoms with van der Waals surface area (Å²) in [4.78, 5) is 24.5. The fourth-order valence-corrected chi connectivity index (χ4v) is 3.29. The molecule has 2 N–H and O–H groups in total. The number of methoxy groups -OCH3 is 2. The number of nitrogens with one attached hydrogen (secondary N) is 2. The van der Waals surface area contributed by atoms with Crippen molar-refractivity contribution in [1.82, 2.24) is 10.9 Å². The molecule has 2 amide bonds. The van der Waals surface area contributed by atoms with Crippen LogP contribution in [-0.4, -0.2) is 40.7 Å². The molecule has 144 valence electrons. The van der Waals surface area contributed by atoms with Crippen LogP contribution in [0.15, 0.2) is 45.8 Å². The summed E-state index contributed by atoms with van der Waals surface area (Å²) in [7, 11) is -0.458. The van der Waals surface area contributed by atoms with Crippen molar-refractivity contribution in [3.63, 3.8) is 0 Å². The predicted molar refractivity (Wildman–Crippen MR) is 102 cm³/mol.